The van der Waals surface area contributed by atoms with Crippen molar-refractivity contribution in [1.29, 1.82) is 0 Å². The molecule has 0 radical (unpaired) electrons. The third-order valence-electron chi connectivity index (χ3n) is 6.20. The first kappa shape index (κ1) is 23.2. The number of pyridine rings is 1. The number of nitrogens with two attached hydrogens (primary N) is 1. The van der Waals surface area contributed by atoms with Crippen LogP contribution in [0.25, 0.3) is 5.65 Å². The predicted molar refractivity (Wildman–Crippen MR) is 116 cm³/mol. The van der Waals surface area contributed by atoms with Crippen molar-refractivity contribution in [3.05, 3.63) is 36.3 Å². The van der Waals surface area contributed by atoms with Crippen molar-refractivity contribution in [2.45, 2.75) is 44.6 Å². The fraction of sp³-hybridized carbons (Fsp3) is 0.500. The van der Waals surface area contributed by atoms with Gasteiger partial charge in [-0.3, -0.25) is 19.2 Å². The zero-order chi connectivity index (χ0) is 23.1. The van der Waals surface area contributed by atoms with Crippen molar-refractivity contribution in [3.63, 3.8) is 0 Å². The van der Waals surface area contributed by atoms with Gasteiger partial charge in [-0.15, -0.1) is 0 Å². The second kappa shape index (κ2) is 10.7. The minimum Gasteiger partial charge on any atom is -0.483 e. The number of carbonyl (C=O) groups is 4. The van der Waals surface area contributed by atoms with E-state index in [2.05, 4.69) is 10.3 Å². The number of carbonyl (C=O) groups excluding carboxylic acids is 3. The maximum atomic E-state index is 12.8. The molecule has 1 aliphatic carbocycles. The highest BCUT2D eigenvalue weighted by Crippen LogP contribution is 2.28. The number of likely N-dealkylation sites (tertiary alicyclic amines) is 1. The summed E-state index contributed by atoms with van der Waals surface area (Å²) in [6.07, 6.45) is 9.94. The van der Waals surface area contributed by atoms with Crippen molar-refractivity contribution in [2.75, 3.05) is 13.1 Å². The quantitative estimate of drug-likeness (QED) is 0.602. The number of fused-ring (bicyclic) bond motifs is 1. The third kappa shape index (κ3) is 5.63. The smallest absolute Gasteiger partial charge is 0.290 e. The van der Waals surface area contributed by atoms with Gasteiger partial charge in [0.15, 0.2) is 0 Å². The number of imidazole rings is 1. The van der Waals surface area contributed by atoms with Gasteiger partial charge in [-0.2, -0.15) is 0 Å². The van der Waals surface area contributed by atoms with E-state index in [4.69, 9.17) is 15.6 Å². The minimum atomic E-state index is -0.317. The Bertz CT molecular complexity index is 967. The summed E-state index contributed by atoms with van der Waals surface area (Å²) >= 11 is 0. The Morgan fingerprint density at radius 2 is 1.84 bits per heavy atom. The van der Waals surface area contributed by atoms with E-state index in [0.717, 1.165) is 44.2 Å². The fourth-order valence-electron chi connectivity index (χ4n) is 4.48. The molecule has 2 aromatic heterocycles. The molecule has 10 heteroatoms. The van der Waals surface area contributed by atoms with Crippen molar-refractivity contribution in [1.82, 2.24) is 19.6 Å². The van der Waals surface area contributed by atoms with Gasteiger partial charge in [0, 0.05) is 43.6 Å². The summed E-state index contributed by atoms with van der Waals surface area (Å²) in [5, 5.41) is 9.98. The van der Waals surface area contributed by atoms with Gasteiger partial charge in [0.05, 0.1) is 11.5 Å². The largest absolute Gasteiger partial charge is 0.483 e. The zero-order valence-electron chi connectivity index (χ0n) is 17.9. The summed E-state index contributed by atoms with van der Waals surface area (Å²) in [6.45, 7) is 0.900. The number of carboxylic acid groups (broad SMARTS) is 1. The van der Waals surface area contributed by atoms with Crippen LogP contribution in [0.2, 0.25) is 0 Å². The first-order valence-corrected chi connectivity index (χ1v) is 10.8. The van der Waals surface area contributed by atoms with Crippen LogP contribution in [-0.4, -0.2) is 62.7 Å². The van der Waals surface area contributed by atoms with Crippen molar-refractivity contribution in [2.24, 2.45) is 17.6 Å². The molecule has 1 unspecified atom stereocenters. The van der Waals surface area contributed by atoms with Gasteiger partial charge < -0.3 is 25.5 Å². The Labute approximate surface area is 185 Å². The summed E-state index contributed by atoms with van der Waals surface area (Å²) in [5.74, 6) is -0.543. The molecule has 172 valence electrons. The molecule has 2 fully saturated rings. The summed E-state index contributed by atoms with van der Waals surface area (Å²) in [7, 11) is 0. The number of nitrogens with zero attached hydrogens (tertiary/aromatic N) is 3. The number of nitrogens with one attached hydrogen (secondary N) is 1. The normalized spacial score (nSPS) is 23.0. The van der Waals surface area contributed by atoms with Crippen LogP contribution in [0.5, 0.6) is 0 Å². The van der Waals surface area contributed by atoms with E-state index >= 15 is 0 Å². The molecule has 1 saturated carbocycles. The lowest BCUT2D eigenvalue weighted by Crippen LogP contribution is -2.47. The molecule has 2 aromatic rings. The number of primary amides is 1. The molecule has 3 heterocycles. The molecule has 4 N–H and O–H groups in total. The van der Waals surface area contributed by atoms with Crippen LogP contribution >= 0.6 is 0 Å². The standard InChI is InChI=1S/C21H27N5O3.CH2O2/c22-19(27)15-2-1-10-26(12-15)21(29)14-3-6-17(7-4-14)24-20(28)16-5-8-18-23-9-11-25(18)13-16;2-1-3/h5,8-9,11,13-15,17H,1-4,6-7,10,12H2,(H2,22,27)(H,24,28);1H,(H,2,3). The molecule has 1 aliphatic heterocycles. The van der Waals surface area contributed by atoms with Crippen LogP contribution < -0.4 is 11.1 Å². The van der Waals surface area contributed by atoms with Gasteiger partial charge in [0.1, 0.15) is 5.65 Å². The molecule has 1 saturated heterocycles. The van der Waals surface area contributed by atoms with Gasteiger partial charge in [-0.05, 0) is 50.7 Å². The molecule has 2 aliphatic rings. The summed E-state index contributed by atoms with van der Waals surface area (Å²) in [4.78, 5) is 51.2. The molecular formula is C22H29N5O5. The number of piperidine rings is 1. The van der Waals surface area contributed by atoms with E-state index in [1.54, 1.807) is 18.5 Å². The molecular weight excluding hydrogens is 414 g/mol. The maximum absolute atomic E-state index is 12.8. The van der Waals surface area contributed by atoms with Crippen molar-refractivity contribution in [3.8, 4) is 0 Å². The molecule has 0 bridgehead atoms. The number of hydrogen-bond acceptors (Lipinski definition) is 5. The third-order valence-corrected chi connectivity index (χ3v) is 6.20. The maximum Gasteiger partial charge on any atom is 0.290 e. The van der Waals surface area contributed by atoms with E-state index in [-0.39, 0.29) is 42.1 Å². The zero-order valence-corrected chi connectivity index (χ0v) is 17.9. The highest BCUT2D eigenvalue weighted by atomic mass is 16.3. The average Bonchev–Trinajstić information content (AvgIpc) is 3.27. The van der Waals surface area contributed by atoms with Crippen molar-refractivity contribution < 1.29 is 24.3 Å². The highest BCUT2D eigenvalue weighted by Gasteiger charge is 2.33. The minimum absolute atomic E-state index is 0.0305. The monoisotopic (exact) mass is 443 g/mol. The molecule has 3 amide bonds. The van der Waals surface area contributed by atoms with Gasteiger partial charge in [-0.1, -0.05) is 0 Å². The van der Waals surface area contributed by atoms with Gasteiger partial charge in [0.25, 0.3) is 12.4 Å². The van der Waals surface area contributed by atoms with Crippen LogP contribution in [0, 0.1) is 11.8 Å². The number of rotatable bonds is 4. The second-order valence-corrected chi connectivity index (χ2v) is 8.26. The van der Waals surface area contributed by atoms with Crippen LogP contribution in [0.3, 0.4) is 0 Å². The lowest BCUT2D eigenvalue weighted by atomic mass is 9.84. The van der Waals surface area contributed by atoms with Crippen LogP contribution in [-0.2, 0) is 14.4 Å². The molecule has 1 atom stereocenters. The van der Waals surface area contributed by atoms with Crippen LogP contribution in [0.4, 0.5) is 0 Å². The van der Waals surface area contributed by atoms with Crippen LogP contribution in [0.1, 0.15) is 48.9 Å². The van der Waals surface area contributed by atoms with Crippen LogP contribution in [0.15, 0.2) is 30.7 Å². The van der Waals surface area contributed by atoms with Gasteiger partial charge >= 0.3 is 0 Å². The first-order valence-electron chi connectivity index (χ1n) is 10.8. The summed E-state index contributed by atoms with van der Waals surface area (Å²) in [6, 6.07) is 3.67. The summed E-state index contributed by atoms with van der Waals surface area (Å²) in [5.41, 5.74) is 6.82. The van der Waals surface area contributed by atoms with E-state index in [0.29, 0.717) is 18.7 Å². The molecule has 0 spiro atoms. The predicted octanol–water partition coefficient (Wildman–Crippen LogP) is 1.05. The fourth-order valence-corrected chi connectivity index (χ4v) is 4.48. The van der Waals surface area contributed by atoms with Crippen molar-refractivity contribution >= 4 is 29.8 Å². The number of amides is 3. The van der Waals surface area contributed by atoms with E-state index in [1.807, 2.05) is 21.6 Å². The molecule has 10 nitrogen and oxygen atoms in total. The SMILES string of the molecule is NC(=O)C1CCCN(C(=O)C2CCC(NC(=O)c3ccc4nccn4c3)CC2)C1.O=CO. The Morgan fingerprint density at radius 3 is 2.53 bits per heavy atom. The lowest BCUT2D eigenvalue weighted by molar-refractivity contribution is -0.139. The Balaban J connectivity index is 0.000000913. The molecule has 0 aromatic carbocycles. The highest BCUT2D eigenvalue weighted by molar-refractivity contribution is 5.94. The van der Waals surface area contributed by atoms with E-state index in [9.17, 15) is 14.4 Å². The van der Waals surface area contributed by atoms with E-state index < -0.39 is 0 Å². The Hall–Kier alpha value is -3.43. The summed E-state index contributed by atoms with van der Waals surface area (Å²) < 4.78 is 1.82. The number of aromatic nitrogens is 2. The topological polar surface area (TPSA) is 147 Å². The lowest BCUT2D eigenvalue weighted by Gasteiger charge is -2.36. The Kier molecular flexibility index (Phi) is 7.80. The Morgan fingerprint density at radius 1 is 1.12 bits per heavy atom. The van der Waals surface area contributed by atoms with E-state index in [1.165, 1.54) is 0 Å². The van der Waals surface area contributed by atoms with Gasteiger partial charge in [-0.25, -0.2) is 4.98 Å². The first-order chi connectivity index (χ1) is 15.4. The molecule has 4 rings (SSSR count). The second-order valence-electron chi connectivity index (χ2n) is 8.26. The molecule has 32 heavy (non-hydrogen) atoms. The van der Waals surface area contributed by atoms with Gasteiger partial charge in [0.2, 0.25) is 11.8 Å². The number of hydrogen-bond donors (Lipinski definition) is 3. The average molecular weight is 444 g/mol.